The molecule has 2 aromatic rings. The van der Waals surface area contributed by atoms with E-state index in [4.69, 9.17) is 11.6 Å². The second-order valence-corrected chi connectivity index (χ2v) is 5.47. The molecule has 0 aliphatic rings. The summed E-state index contributed by atoms with van der Waals surface area (Å²) in [6, 6.07) is 1.96. The largest absolute Gasteiger partial charge is 0.352 e. The van der Waals surface area contributed by atoms with E-state index in [1.54, 1.807) is 7.05 Å². The lowest BCUT2D eigenvalue weighted by atomic mass is 10.3. The summed E-state index contributed by atoms with van der Waals surface area (Å²) >= 11 is 6.01. The van der Waals surface area contributed by atoms with E-state index in [1.165, 1.54) is 0 Å². The van der Waals surface area contributed by atoms with Crippen molar-refractivity contribution in [3.63, 3.8) is 0 Å². The third-order valence-electron chi connectivity index (χ3n) is 3.42. The van der Waals surface area contributed by atoms with Crippen molar-refractivity contribution in [3.8, 4) is 0 Å². The molecule has 0 bridgehead atoms. The Labute approximate surface area is 129 Å². The van der Waals surface area contributed by atoms with Crippen LogP contribution in [-0.4, -0.2) is 39.7 Å². The lowest BCUT2D eigenvalue weighted by Gasteiger charge is -2.22. The number of aryl methyl sites for hydroxylation is 2. The van der Waals surface area contributed by atoms with Gasteiger partial charge in [-0.25, -0.2) is 0 Å². The zero-order valence-electron chi connectivity index (χ0n) is 12.8. The van der Waals surface area contributed by atoms with E-state index in [1.807, 2.05) is 44.0 Å². The smallest absolute Gasteiger partial charge is 0.194 e. The van der Waals surface area contributed by atoms with Crippen molar-refractivity contribution < 1.29 is 0 Å². The summed E-state index contributed by atoms with van der Waals surface area (Å²) < 4.78 is 2.02. The van der Waals surface area contributed by atoms with Crippen molar-refractivity contribution in [1.82, 2.24) is 25.0 Å². The molecule has 0 spiro atoms. The zero-order chi connectivity index (χ0) is 15.4. The lowest BCUT2D eigenvalue weighted by Crippen LogP contribution is -2.38. The predicted molar refractivity (Wildman–Crippen MR) is 85.4 cm³/mol. The molecule has 0 amide bonds. The summed E-state index contributed by atoms with van der Waals surface area (Å²) in [5.74, 6) is 0.827. The van der Waals surface area contributed by atoms with Crippen LogP contribution in [-0.2, 0) is 20.1 Å². The minimum atomic E-state index is 0.688. The number of aromatic nitrogens is 3. The standard InChI is InChI=1S/C14H21ClN6/c1-10-11(7-18-19-10)6-17-14(16-2)21(4)9-13-5-12(15)8-20(13)3/h5,7-8H,6,9H2,1-4H3,(H,16,17)(H,18,19). The number of hydrogen-bond donors (Lipinski definition) is 2. The third kappa shape index (κ3) is 3.78. The van der Waals surface area contributed by atoms with Crippen molar-refractivity contribution in [3.05, 3.63) is 40.4 Å². The summed E-state index contributed by atoms with van der Waals surface area (Å²) in [4.78, 5) is 6.36. The topological polar surface area (TPSA) is 61.2 Å². The Bertz CT molecular complexity index is 627. The molecule has 0 unspecified atom stereocenters. The number of rotatable bonds is 4. The van der Waals surface area contributed by atoms with Crippen LogP contribution >= 0.6 is 11.6 Å². The van der Waals surface area contributed by atoms with Gasteiger partial charge in [0.1, 0.15) is 0 Å². The maximum atomic E-state index is 6.01. The average Bonchev–Trinajstić information content (AvgIpc) is 2.97. The molecule has 2 aromatic heterocycles. The molecule has 0 radical (unpaired) electrons. The van der Waals surface area contributed by atoms with Crippen LogP contribution in [0.25, 0.3) is 0 Å². The molecule has 0 aliphatic heterocycles. The number of aliphatic imine (C=N–C) groups is 1. The van der Waals surface area contributed by atoms with E-state index in [0.717, 1.165) is 34.5 Å². The normalized spacial score (nSPS) is 11.8. The molecule has 0 saturated heterocycles. The van der Waals surface area contributed by atoms with Crippen molar-refractivity contribution in [2.45, 2.75) is 20.0 Å². The van der Waals surface area contributed by atoms with Crippen molar-refractivity contribution in [2.24, 2.45) is 12.0 Å². The number of hydrogen-bond acceptors (Lipinski definition) is 2. The molecule has 21 heavy (non-hydrogen) atoms. The number of aromatic amines is 1. The molecule has 2 rings (SSSR count). The maximum absolute atomic E-state index is 6.01. The first-order valence-corrected chi connectivity index (χ1v) is 7.10. The van der Waals surface area contributed by atoms with Gasteiger partial charge >= 0.3 is 0 Å². The van der Waals surface area contributed by atoms with Gasteiger partial charge < -0.3 is 14.8 Å². The van der Waals surface area contributed by atoms with Gasteiger partial charge in [0, 0.05) is 50.8 Å². The van der Waals surface area contributed by atoms with Crippen LogP contribution in [0.5, 0.6) is 0 Å². The molecular weight excluding hydrogens is 288 g/mol. The first-order valence-electron chi connectivity index (χ1n) is 6.72. The lowest BCUT2D eigenvalue weighted by molar-refractivity contribution is 0.461. The fourth-order valence-electron chi connectivity index (χ4n) is 2.15. The minimum absolute atomic E-state index is 0.688. The molecule has 0 aliphatic carbocycles. The summed E-state index contributed by atoms with van der Waals surface area (Å²) in [6.07, 6.45) is 3.72. The summed E-state index contributed by atoms with van der Waals surface area (Å²) in [5, 5.41) is 11.0. The van der Waals surface area contributed by atoms with Gasteiger partial charge in [0.15, 0.2) is 5.96 Å². The Balaban J connectivity index is 1.97. The second kappa shape index (κ2) is 6.67. The highest BCUT2D eigenvalue weighted by molar-refractivity contribution is 6.30. The number of nitrogens with one attached hydrogen (secondary N) is 2. The Morgan fingerprint density at radius 1 is 1.57 bits per heavy atom. The van der Waals surface area contributed by atoms with Gasteiger partial charge in [0.25, 0.3) is 0 Å². The maximum Gasteiger partial charge on any atom is 0.194 e. The van der Waals surface area contributed by atoms with Gasteiger partial charge in [-0.3, -0.25) is 10.1 Å². The van der Waals surface area contributed by atoms with E-state index in [9.17, 15) is 0 Å². The van der Waals surface area contributed by atoms with Crippen LogP contribution in [0.2, 0.25) is 5.02 Å². The zero-order valence-corrected chi connectivity index (χ0v) is 13.6. The number of halogens is 1. The molecule has 6 nitrogen and oxygen atoms in total. The highest BCUT2D eigenvalue weighted by Gasteiger charge is 2.10. The first kappa shape index (κ1) is 15.4. The monoisotopic (exact) mass is 308 g/mol. The summed E-state index contributed by atoms with van der Waals surface area (Å²) in [7, 11) is 5.76. The average molecular weight is 309 g/mol. The Morgan fingerprint density at radius 3 is 2.86 bits per heavy atom. The molecule has 0 aromatic carbocycles. The summed E-state index contributed by atoms with van der Waals surface area (Å²) in [5.41, 5.74) is 3.33. The van der Waals surface area contributed by atoms with E-state index in [0.29, 0.717) is 6.54 Å². The van der Waals surface area contributed by atoms with Gasteiger partial charge in [-0.15, -0.1) is 0 Å². The molecule has 0 fully saturated rings. The van der Waals surface area contributed by atoms with Gasteiger partial charge in [0.05, 0.1) is 17.8 Å². The Kier molecular flexibility index (Phi) is 4.90. The van der Waals surface area contributed by atoms with E-state index in [-0.39, 0.29) is 0 Å². The Hall–Kier alpha value is -1.95. The van der Waals surface area contributed by atoms with Crippen LogP contribution in [0.4, 0.5) is 0 Å². The van der Waals surface area contributed by atoms with Gasteiger partial charge in [-0.05, 0) is 13.0 Å². The van der Waals surface area contributed by atoms with Crippen molar-refractivity contribution >= 4 is 17.6 Å². The van der Waals surface area contributed by atoms with E-state index in [2.05, 4.69) is 25.4 Å². The van der Waals surface area contributed by atoms with Crippen molar-refractivity contribution in [2.75, 3.05) is 14.1 Å². The highest BCUT2D eigenvalue weighted by Crippen LogP contribution is 2.14. The van der Waals surface area contributed by atoms with Crippen LogP contribution in [0.1, 0.15) is 17.0 Å². The van der Waals surface area contributed by atoms with Gasteiger partial charge in [0.2, 0.25) is 0 Å². The number of guanidine groups is 1. The second-order valence-electron chi connectivity index (χ2n) is 5.04. The minimum Gasteiger partial charge on any atom is -0.352 e. The third-order valence-corrected chi connectivity index (χ3v) is 3.63. The van der Waals surface area contributed by atoms with Crippen LogP contribution in [0.15, 0.2) is 23.5 Å². The SMILES string of the molecule is CN=C(NCc1cn[nH]c1C)N(C)Cc1cc(Cl)cn1C. The molecule has 2 N–H and O–H groups in total. The quantitative estimate of drug-likeness (QED) is 0.670. The van der Waals surface area contributed by atoms with Gasteiger partial charge in [-0.1, -0.05) is 11.6 Å². The first-order chi connectivity index (χ1) is 10.0. The van der Waals surface area contributed by atoms with E-state index < -0.39 is 0 Å². The number of H-pyrrole nitrogens is 1. The van der Waals surface area contributed by atoms with Crippen LogP contribution in [0, 0.1) is 6.92 Å². The van der Waals surface area contributed by atoms with Crippen LogP contribution in [0.3, 0.4) is 0 Å². The van der Waals surface area contributed by atoms with Crippen LogP contribution < -0.4 is 5.32 Å². The highest BCUT2D eigenvalue weighted by atomic mass is 35.5. The number of nitrogens with zero attached hydrogens (tertiary/aromatic N) is 4. The molecule has 0 atom stereocenters. The molecule has 2 heterocycles. The molecule has 114 valence electrons. The fraction of sp³-hybridized carbons (Fsp3) is 0.429. The molecule has 0 saturated carbocycles. The molecule has 7 heteroatoms. The Morgan fingerprint density at radius 2 is 2.33 bits per heavy atom. The van der Waals surface area contributed by atoms with Gasteiger partial charge in [-0.2, -0.15) is 5.10 Å². The van der Waals surface area contributed by atoms with E-state index >= 15 is 0 Å². The van der Waals surface area contributed by atoms with Crippen molar-refractivity contribution in [1.29, 1.82) is 0 Å². The summed E-state index contributed by atoms with van der Waals surface area (Å²) in [6.45, 7) is 3.42. The molecular formula is C14H21ClN6. The fourth-order valence-corrected chi connectivity index (χ4v) is 2.43. The predicted octanol–water partition coefficient (Wildman–Crippen LogP) is 1.92.